The number of nitrogens with zero attached hydrogens (tertiary/aromatic N) is 2. The summed E-state index contributed by atoms with van der Waals surface area (Å²) in [5, 5.41) is 11.0. The Morgan fingerprint density at radius 1 is 1.32 bits per heavy atom. The van der Waals surface area contributed by atoms with Gasteiger partial charge in [0.05, 0.1) is 12.3 Å². The van der Waals surface area contributed by atoms with Crippen LogP contribution in [0.1, 0.15) is 21.8 Å². The normalized spacial score (nSPS) is 12.9. The predicted octanol–water partition coefficient (Wildman–Crippen LogP) is 2.39. The molecule has 2 N–H and O–H groups in total. The van der Waals surface area contributed by atoms with Crippen molar-refractivity contribution in [3.05, 3.63) is 47.3 Å². The Balaban J connectivity index is 1.54. The molecule has 146 valence electrons. The zero-order chi connectivity index (χ0) is 19.5. The summed E-state index contributed by atoms with van der Waals surface area (Å²) in [5.74, 6) is 1.73. The van der Waals surface area contributed by atoms with Crippen molar-refractivity contribution in [1.29, 1.82) is 0 Å². The van der Waals surface area contributed by atoms with Crippen molar-refractivity contribution in [2.24, 2.45) is 0 Å². The van der Waals surface area contributed by atoms with Gasteiger partial charge in [0.2, 0.25) is 5.91 Å². The van der Waals surface area contributed by atoms with Gasteiger partial charge < -0.3 is 19.8 Å². The zero-order valence-corrected chi connectivity index (χ0v) is 16.2. The van der Waals surface area contributed by atoms with Gasteiger partial charge in [-0.1, -0.05) is 18.2 Å². The van der Waals surface area contributed by atoms with E-state index in [1.165, 1.54) is 0 Å². The summed E-state index contributed by atoms with van der Waals surface area (Å²) in [4.78, 5) is 24.9. The van der Waals surface area contributed by atoms with E-state index < -0.39 is 0 Å². The number of amides is 2. The second-order valence-electron chi connectivity index (χ2n) is 6.37. The molecule has 1 aliphatic rings. The summed E-state index contributed by atoms with van der Waals surface area (Å²) in [6.45, 7) is 0.887. The van der Waals surface area contributed by atoms with Crippen molar-refractivity contribution in [2.75, 3.05) is 25.6 Å². The standard InChI is InChI=1S/C19H20N4O4S/c1-26-7-6-20-17(24)9-23-18(13-10-28-11-14(13)22-23)21-19(25)16-8-12-4-2-3-5-15(12)27-16/h2-5,8H,6-7,9-11H2,1H3,(H,20,24)(H,21,25). The summed E-state index contributed by atoms with van der Waals surface area (Å²) in [5.41, 5.74) is 2.51. The number of fused-ring (bicyclic) bond motifs is 2. The quantitative estimate of drug-likeness (QED) is 0.591. The monoisotopic (exact) mass is 400 g/mol. The third-order valence-corrected chi connectivity index (χ3v) is 5.39. The molecule has 28 heavy (non-hydrogen) atoms. The van der Waals surface area contributed by atoms with Gasteiger partial charge in [-0.25, -0.2) is 4.68 Å². The van der Waals surface area contributed by atoms with E-state index in [4.69, 9.17) is 9.15 Å². The first-order chi connectivity index (χ1) is 13.7. The Hall–Kier alpha value is -2.78. The van der Waals surface area contributed by atoms with Crippen LogP contribution in [0, 0.1) is 0 Å². The molecular weight excluding hydrogens is 380 g/mol. The van der Waals surface area contributed by atoms with Crippen LogP contribution >= 0.6 is 11.8 Å². The van der Waals surface area contributed by atoms with E-state index in [1.54, 1.807) is 29.6 Å². The third kappa shape index (κ3) is 3.76. The largest absolute Gasteiger partial charge is 0.451 e. The van der Waals surface area contributed by atoms with Crippen LogP contribution in [0.25, 0.3) is 11.0 Å². The number of carbonyl (C=O) groups excluding carboxylic acids is 2. The van der Waals surface area contributed by atoms with Gasteiger partial charge in [0.15, 0.2) is 5.76 Å². The van der Waals surface area contributed by atoms with Gasteiger partial charge in [0.25, 0.3) is 5.91 Å². The van der Waals surface area contributed by atoms with E-state index in [2.05, 4.69) is 15.7 Å². The fraction of sp³-hybridized carbons (Fsp3) is 0.316. The summed E-state index contributed by atoms with van der Waals surface area (Å²) >= 11 is 1.73. The van der Waals surface area contributed by atoms with E-state index in [0.717, 1.165) is 28.1 Å². The molecule has 3 heterocycles. The number of aromatic nitrogens is 2. The molecule has 3 aromatic rings. The minimum Gasteiger partial charge on any atom is -0.451 e. The average Bonchev–Trinajstić information content (AvgIpc) is 3.38. The fourth-order valence-corrected chi connectivity index (χ4v) is 4.10. The molecule has 0 unspecified atom stereocenters. The van der Waals surface area contributed by atoms with E-state index in [9.17, 15) is 9.59 Å². The maximum absolute atomic E-state index is 12.8. The van der Waals surface area contributed by atoms with Crippen LogP contribution < -0.4 is 10.6 Å². The molecule has 0 fully saturated rings. The van der Waals surface area contributed by atoms with E-state index in [1.807, 2.05) is 24.3 Å². The highest BCUT2D eigenvalue weighted by atomic mass is 32.2. The molecule has 0 saturated carbocycles. The summed E-state index contributed by atoms with van der Waals surface area (Å²) < 4.78 is 12.1. The first-order valence-corrected chi connectivity index (χ1v) is 10.0. The number of hydrogen-bond acceptors (Lipinski definition) is 6. The Morgan fingerprint density at radius 2 is 2.18 bits per heavy atom. The minimum atomic E-state index is -0.364. The number of para-hydroxylation sites is 1. The third-order valence-electron chi connectivity index (χ3n) is 4.42. The summed E-state index contributed by atoms with van der Waals surface area (Å²) in [6, 6.07) is 9.15. The molecule has 9 heteroatoms. The Morgan fingerprint density at radius 3 is 3.00 bits per heavy atom. The second kappa shape index (κ2) is 8.07. The van der Waals surface area contributed by atoms with Crippen LogP contribution in [0.15, 0.2) is 34.7 Å². The minimum absolute atomic E-state index is 0.0249. The van der Waals surface area contributed by atoms with Crippen LogP contribution in [0.2, 0.25) is 0 Å². The molecule has 0 radical (unpaired) electrons. The number of furan rings is 1. The van der Waals surface area contributed by atoms with Crippen molar-refractivity contribution in [3.8, 4) is 0 Å². The van der Waals surface area contributed by atoms with E-state index in [-0.39, 0.29) is 24.1 Å². The van der Waals surface area contributed by atoms with Crippen LogP contribution in [0.3, 0.4) is 0 Å². The average molecular weight is 400 g/mol. The lowest BCUT2D eigenvalue weighted by molar-refractivity contribution is -0.122. The number of hydrogen-bond donors (Lipinski definition) is 2. The molecular formula is C19H20N4O4S. The molecule has 0 saturated heterocycles. The van der Waals surface area contributed by atoms with Gasteiger partial charge in [0.1, 0.15) is 17.9 Å². The molecule has 2 amide bonds. The number of carbonyl (C=O) groups is 2. The number of benzene rings is 1. The molecule has 0 aliphatic carbocycles. The first kappa shape index (κ1) is 18.6. The summed E-state index contributed by atoms with van der Waals surface area (Å²) in [7, 11) is 1.58. The molecule has 0 atom stereocenters. The Labute approximate surface area is 165 Å². The lowest BCUT2D eigenvalue weighted by Gasteiger charge is -2.10. The number of nitrogens with one attached hydrogen (secondary N) is 2. The van der Waals surface area contributed by atoms with Crippen LogP contribution in [0.5, 0.6) is 0 Å². The van der Waals surface area contributed by atoms with E-state index >= 15 is 0 Å². The van der Waals surface area contributed by atoms with E-state index in [0.29, 0.717) is 24.6 Å². The van der Waals surface area contributed by atoms with Crippen molar-refractivity contribution in [2.45, 2.75) is 18.1 Å². The molecule has 4 rings (SSSR count). The number of thioether (sulfide) groups is 1. The zero-order valence-electron chi connectivity index (χ0n) is 15.4. The number of rotatable bonds is 7. The van der Waals surface area contributed by atoms with Crippen molar-refractivity contribution >= 4 is 40.4 Å². The van der Waals surface area contributed by atoms with Crippen molar-refractivity contribution in [1.82, 2.24) is 15.1 Å². The number of anilines is 1. The second-order valence-corrected chi connectivity index (χ2v) is 7.36. The first-order valence-electron chi connectivity index (χ1n) is 8.87. The van der Waals surface area contributed by atoms with Gasteiger partial charge in [0, 0.05) is 36.1 Å². The SMILES string of the molecule is COCCNC(=O)Cn1nc2c(c1NC(=O)c1cc3ccccc3o1)CSC2. The van der Waals surface area contributed by atoms with Crippen molar-refractivity contribution in [3.63, 3.8) is 0 Å². The number of ether oxygens (including phenoxy) is 1. The highest BCUT2D eigenvalue weighted by Crippen LogP contribution is 2.35. The van der Waals surface area contributed by atoms with Crippen LogP contribution in [0.4, 0.5) is 5.82 Å². The maximum atomic E-state index is 12.8. The van der Waals surface area contributed by atoms with Gasteiger partial charge >= 0.3 is 0 Å². The molecule has 0 bridgehead atoms. The van der Waals surface area contributed by atoms with Gasteiger partial charge in [-0.05, 0) is 12.1 Å². The van der Waals surface area contributed by atoms with Crippen molar-refractivity contribution < 1.29 is 18.7 Å². The smallest absolute Gasteiger partial charge is 0.292 e. The van der Waals surface area contributed by atoms with Crippen LogP contribution in [-0.4, -0.2) is 41.9 Å². The van der Waals surface area contributed by atoms with Crippen LogP contribution in [-0.2, 0) is 27.6 Å². The maximum Gasteiger partial charge on any atom is 0.292 e. The number of methoxy groups -OCH3 is 1. The molecule has 1 aromatic carbocycles. The fourth-order valence-electron chi connectivity index (χ4n) is 3.07. The highest BCUT2D eigenvalue weighted by Gasteiger charge is 2.26. The molecule has 2 aromatic heterocycles. The Bertz CT molecular complexity index is 993. The Kier molecular flexibility index (Phi) is 5.36. The predicted molar refractivity (Wildman–Crippen MR) is 106 cm³/mol. The molecule has 1 aliphatic heterocycles. The summed E-state index contributed by atoms with van der Waals surface area (Å²) in [6.07, 6.45) is 0. The lowest BCUT2D eigenvalue weighted by atomic mass is 10.2. The van der Waals surface area contributed by atoms with Gasteiger partial charge in [-0.2, -0.15) is 16.9 Å². The van der Waals surface area contributed by atoms with Gasteiger partial charge in [-0.3, -0.25) is 9.59 Å². The highest BCUT2D eigenvalue weighted by molar-refractivity contribution is 7.98. The topological polar surface area (TPSA) is 98.4 Å². The lowest BCUT2D eigenvalue weighted by Crippen LogP contribution is -2.31. The van der Waals surface area contributed by atoms with Gasteiger partial charge in [-0.15, -0.1) is 0 Å². The molecule has 0 spiro atoms. The molecule has 8 nitrogen and oxygen atoms in total.